The Morgan fingerprint density at radius 2 is 1.84 bits per heavy atom. The van der Waals surface area contributed by atoms with Crippen LogP contribution in [0.5, 0.6) is 0 Å². The molecule has 4 heteroatoms. The van der Waals surface area contributed by atoms with E-state index in [4.69, 9.17) is 0 Å². The molecule has 0 atom stereocenters. The molecule has 1 aromatic heterocycles. The third kappa shape index (κ3) is 2.31. The zero-order chi connectivity index (χ0) is 13.2. The standard InChI is InChI=1S/C15H10BrFN2/c16-12-6-7-14(13(17)10-12)19-9-8-18-15(19)11-4-2-1-3-5-11/h1-10H. The van der Waals surface area contributed by atoms with Crippen LogP contribution < -0.4 is 0 Å². The van der Waals surface area contributed by atoms with Crippen molar-refractivity contribution in [1.29, 1.82) is 0 Å². The van der Waals surface area contributed by atoms with E-state index in [2.05, 4.69) is 20.9 Å². The molecule has 0 unspecified atom stereocenters. The quantitative estimate of drug-likeness (QED) is 0.683. The summed E-state index contributed by atoms with van der Waals surface area (Å²) in [7, 11) is 0. The molecule has 0 N–H and O–H groups in total. The average molecular weight is 317 g/mol. The van der Waals surface area contributed by atoms with E-state index in [1.807, 2.05) is 36.4 Å². The highest BCUT2D eigenvalue weighted by molar-refractivity contribution is 9.10. The van der Waals surface area contributed by atoms with Gasteiger partial charge in [-0.15, -0.1) is 0 Å². The molecule has 0 spiro atoms. The SMILES string of the molecule is Fc1cc(Br)ccc1-n1ccnc1-c1ccccc1. The Hall–Kier alpha value is -1.94. The number of benzene rings is 2. The second-order valence-corrected chi connectivity index (χ2v) is 5.00. The van der Waals surface area contributed by atoms with Crippen LogP contribution in [0.2, 0.25) is 0 Å². The van der Waals surface area contributed by atoms with E-state index in [0.29, 0.717) is 5.69 Å². The lowest BCUT2D eigenvalue weighted by Crippen LogP contribution is -1.99. The predicted molar refractivity (Wildman–Crippen MR) is 76.7 cm³/mol. The fourth-order valence-corrected chi connectivity index (χ4v) is 2.31. The fraction of sp³-hybridized carbons (Fsp3) is 0. The summed E-state index contributed by atoms with van der Waals surface area (Å²) < 4.78 is 16.5. The fourth-order valence-electron chi connectivity index (χ4n) is 1.98. The highest BCUT2D eigenvalue weighted by Gasteiger charge is 2.11. The van der Waals surface area contributed by atoms with E-state index < -0.39 is 0 Å². The van der Waals surface area contributed by atoms with Crippen molar-refractivity contribution in [2.24, 2.45) is 0 Å². The number of nitrogens with zero attached hydrogens (tertiary/aromatic N) is 2. The van der Waals surface area contributed by atoms with Crippen LogP contribution >= 0.6 is 15.9 Å². The van der Waals surface area contributed by atoms with Gasteiger partial charge in [-0.2, -0.15) is 0 Å². The highest BCUT2D eigenvalue weighted by Crippen LogP contribution is 2.24. The molecule has 0 amide bonds. The van der Waals surface area contributed by atoms with Crippen molar-refractivity contribution in [1.82, 2.24) is 9.55 Å². The van der Waals surface area contributed by atoms with Crippen LogP contribution in [-0.4, -0.2) is 9.55 Å². The molecule has 2 nitrogen and oxygen atoms in total. The van der Waals surface area contributed by atoms with Gasteiger partial charge in [0.25, 0.3) is 0 Å². The van der Waals surface area contributed by atoms with Gasteiger partial charge in [-0.25, -0.2) is 9.37 Å². The maximum Gasteiger partial charge on any atom is 0.148 e. The minimum atomic E-state index is -0.287. The topological polar surface area (TPSA) is 17.8 Å². The van der Waals surface area contributed by atoms with Crippen LogP contribution in [-0.2, 0) is 0 Å². The molecule has 94 valence electrons. The van der Waals surface area contributed by atoms with Gasteiger partial charge < -0.3 is 0 Å². The zero-order valence-electron chi connectivity index (χ0n) is 9.92. The lowest BCUT2D eigenvalue weighted by molar-refractivity contribution is 0.617. The summed E-state index contributed by atoms with van der Waals surface area (Å²) in [5, 5.41) is 0. The molecule has 2 aromatic carbocycles. The van der Waals surface area contributed by atoms with Gasteiger partial charge in [0, 0.05) is 22.4 Å². The van der Waals surface area contributed by atoms with Gasteiger partial charge in [-0.1, -0.05) is 46.3 Å². The van der Waals surface area contributed by atoms with Crippen LogP contribution in [0, 0.1) is 5.82 Å². The van der Waals surface area contributed by atoms with E-state index in [0.717, 1.165) is 15.9 Å². The van der Waals surface area contributed by atoms with Crippen molar-refractivity contribution in [2.45, 2.75) is 0 Å². The Morgan fingerprint density at radius 3 is 2.58 bits per heavy atom. The summed E-state index contributed by atoms with van der Waals surface area (Å²) in [6.45, 7) is 0. The summed E-state index contributed by atoms with van der Waals surface area (Å²) in [5.41, 5.74) is 1.44. The molecule has 0 aliphatic carbocycles. The molecule has 0 bridgehead atoms. The number of rotatable bonds is 2. The van der Waals surface area contributed by atoms with Gasteiger partial charge >= 0.3 is 0 Å². The smallest absolute Gasteiger partial charge is 0.148 e. The van der Waals surface area contributed by atoms with E-state index in [-0.39, 0.29) is 5.82 Å². The predicted octanol–water partition coefficient (Wildman–Crippen LogP) is 4.44. The third-order valence-electron chi connectivity index (χ3n) is 2.84. The van der Waals surface area contributed by atoms with Gasteiger partial charge in [0.2, 0.25) is 0 Å². The Morgan fingerprint density at radius 1 is 1.05 bits per heavy atom. The van der Waals surface area contributed by atoms with Crippen LogP contribution in [0.3, 0.4) is 0 Å². The second kappa shape index (κ2) is 4.97. The number of hydrogen-bond donors (Lipinski definition) is 0. The van der Waals surface area contributed by atoms with Crippen molar-refractivity contribution in [3.8, 4) is 17.1 Å². The van der Waals surface area contributed by atoms with E-state index in [9.17, 15) is 4.39 Å². The summed E-state index contributed by atoms with van der Waals surface area (Å²) in [6, 6.07) is 14.7. The number of imidazole rings is 1. The third-order valence-corrected chi connectivity index (χ3v) is 3.34. The molecule has 0 saturated heterocycles. The molecule has 0 radical (unpaired) electrons. The molecule has 0 fully saturated rings. The number of halogens is 2. The van der Waals surface area contributed by atoms with Gasteiger partial charge in [0.1, 0.15) is 11.6 Å². The Labute approximate surface area is 118 Å². The van der Waals surface area contributed by atoms with Gasteiger partial charge in [-0.3, -0.25) is 4.57 Å². The molecular formula is C15H10BrFN2. The van der Waals surface area contributed by atoms with Crippen molar-refractivity contribution >= 4 is 15.9 Å². The Balaban J connectivity index is 2.15. The first kappa shape index (κ1) is 12.1. The minimum Gasteiger partial charge on any atom is -0.297 e. The van der Waals surface area contributed by atoms with Gasteiger partial charge in [0.05, 0.1) is 5.69 Å². The molecule has 0 aliphatic rings. The molecule has 3 aromatic rings. The Bertz CT molecular complexity index is 707. The molecule has 19 heavy (non-hydrogen) atoms. The molecule has 1 heterocycles. The molecule has 0 aliphatic heterocycles. The number of aromatic nitrogens is 2. The van der Waals surface area contributed by atoms with Gasteiger partial charge in [-0.05, 0) is 18.2 Å². The summed E-state index contributed by atoms with van der Waals surface area (Å²) in [5.74, 6) is 0.436. The normalized spacial score (nSPS) is 10.6. The van der Waals surface area contributed by atoms with E-state index in [1.54, 1.807) is 23.0 Å². The van der Waals surface area contributed by atoms with Crippen molar-refractivity contribution in [2.75, 3.05) is 0 Å². The largest absolute Gasteiger partial charge is 0.297 e. The van der Waals surface area contributed by atoms with Crippen molar-refractivity contribution in [3.63, 3.8) is 0 Å². The van der Waals surface area contributed by atoms with E-state index in [1.165, 1.54) is 6.07 Å². The summed E-state index contributed by atoms with van der Waals surface area (Å²) >= 11 is 3.26. The van der Waals surface area contributed by atoms with Crippen molar-refractivity contribution in [3.05, 3.63) is 71.2 Å². The summed E-state index contributed by atoms with van der Waals surface area (Å²) in [6.07, 6.45) is 3.43. The summed E-state index contributed by atoms with van der Waals surface area (Å²) in [4.78, 5) is 4.31. The van der Waals surface area contributed by atoms with E-state index >= 15 is 0 Å². The maximum atomic E-state index is 14.0. The second-order valence-electron chi connectivity index (χ2n) is 4.08. The minimum absolute atomic E-state index is 0.287. The average Bonchev–Trinajstić information content (AvgIpc) is 2.89. The van der Waals surface area contributed by atoms with Crippen LogP contribution in [0.1, 0.15) is 0 Å². The zero-order valence-corrected chi connectivity index (χ0v) is 11.5. The highest BCUT2D eigenvalue weighted by atomic mass is 79.9. The van der Waals surface area contributed by atoms with Crippen LogP contribution in [0.4, 0.5) is 4.39 Å². The lowest BCUT2D eigenvalue weighted by atomic mass is 10.2. The first-order valence-electron chi connectivity index (χ1n) is 5.80. The molecule has 0 saturated carbocycles. The first-order chi connectivity index (χ1) is 9.25. The van der Waals surface area contributed by atoms with Crippen LogP contribution in [0.25, 0.3) is 17.1 Å². The monoisotopic (exact) mass is 316 g/mol. The Kier molecular flexibility index (Phi) is 3.17. The van der Waals surface area contributed by atoms with Crippen LogP contribution in [0.15, 0.2) is 65.4 Å². The van der Waals surface area contributed by atoms with Gasteiger partial charge in [0.15, 0.2) is 0 Å². The molecule has 3 rings (SSSR count). The van der Waals surface area contributed by atoms with Crippen molar-refractivity contribution < 1.29 is 4.39 Å². The number of hydrogen-bond acceptors (Lipinski definition) is 1. The first-order valence-corrected chi connectivity index (χ1v) is 6.59. The maximum absolute atomic E-state index is 14.0. The molecular weight excluding hydrogens is 307 g/mol. The lowest BCUT2D eigenvalue weighted by Gasteiger charge is -2.09.